The maximum atomic E-state index is 15.2. The van der Waals surface area contributed by atoms with Crippen molar-refractivity contribution in [1.82, 2.24) is 25.1 Å². The first-order valence-electron chi connectivity index (χ1n) is 12.4. The van der Waals surface area contributed by atoms with Gasteiger partial charge in [0, 0.05) is 22.0 Å². The number of pyridine rings is 1. The van der Waals surface area contributed by atoms with Crippen molar-refractivity contribution in [3.63, 3.8) is 0 Å². The first kappa shape index (κ1) is 30.7. The van der Waals surface area contributed by atoms with Crippen LogP contribution in [0.25, 0.3) is 10.3 Å². The Kier molecular flexibility index (Phi) is 8.11. The Balaban J connectivity index is 1.53. The van der Waals surface area contributed by atoms with Crippen LogP contribution in [0, 0.1) is 17.6 Å². The van der Waals surface area contributed by atoms with Crippen LogP contribution in [0.3, 0.4) is 0 Å². The number of carbonyl (C=O) groups is 1. The van der Waals surface area contributed by atoms with Crippen LogP contribution < -0.4 is 5.32 Å². The Morgan fingerprint density at radius 3 is 2.45 bits per heavy atom. The maximum Gasteiger partial charge on any atom is 0.435 e. The summed E-state index contributed by atoms with van der Waals surface area (Å²) in [5.41, 5.74) is -2.36. The Morgan fingerprint density at radius 1 is 1.17 bits per heavy atom. The molecule has 5 rings (SSSR count). The van der Waals surface area contributed by atoms with E-state index in [1.165, 1.54) is 30.0 Å². The zero-order valence-corrected chi connectivity index (χ0v) is 25.2. The van der Waals surface area contributed by atoms with Crippen LogP contribution in [0.2, 0.25) is 0 Å². The summed E-state index contributed by atoms with van der Waals surface area (Å²) >= 11 is 6.17. The van der Waals surface area contributed by atoms with Gasteiger partial charge in [-0.05, 0) is 58.3 Å². The Labute approximate surface area is 251 Å². The first-order chi connectivity index (χ1) is 19.6. The molecule has 0 saturated heterocycles. The summed E-state index contributed by atoms with van der Waals surface area (Å²) in [6, 6.07) is 3.42. The van der Waals surface area contributed by atoms with Crippen LogP contribution in [-0.2, 0) is 29.9 Å². The lowest BCUT2D eigenvalue weighted by molar-refractivity contribution is -0.143. The molecule has 3 heterocycles. The van der Waals surface area contributed by atoms with E-state index in [0.717, 1.165) is 19.1 Å². The van der Waals surface area contributed by atoms with E-state index in [4.69, 9.17) is 0 Å². The Bertz CT molecular complexity index is 1670. The minimum absolute atomic E-state index is 0.142. The molecule has 0 unspecified atom stereocenters. The number of carbonyl (C=O) groups excluding carboxylic acids is 1. The van der Waals surface area contributed by atoms with Gasteiger partial charge in [0.1, 0.15) is 23.9 Å². The number of halogens is 8. The maximum absolute atomic E-state index is 15.2. The molecule has 0 fully saturated rings. The fourth-order valence-corrected chi connectivity index (χ4v) is 7.29. The average Bonchev–Trinajstić information content (AvgIpc) is 3.51. The lowest BCUT2D eigenvalue weighted by atomic mass is 9.94. The number of thiazole rings is 1. The Morgan fingerprint density at radius 2 is 1.83 bits per heavy atom. The standard InChI is InChI=1S/C26H21BrF7N5OS2/c1-10-11(2)25(30,31)22-19(10)21(26(32,33)34)38-39(22)9-18(40)35-16(6-12-4-13(28)7-14(29)5-12)20-15(27)8-17-23(36-20)37-24(41-3)42-17/h4-5,7-8,10-11,16H,6,9H2,1-3H3,(H,35,40)/t10-,11+,16-/m0/s1. The van der Waals surface area contributed by atoms with E-state index in [0.29, 0.717) is 29.9 Å². The van der Waals surface area contributed by atoms with E-state index in [2.05, 4.69) is 36.3 Å². The average molecular weight is 697 g/mol. The fraction of sp³-hybridized carbons (Fsp3) is 0.385. The molecular formula is C26H21BrF7N5OS2. The van der Waals surface area contributed by atoms with Gasteiger partial charge in [-0.15, -0.1) is 11.3 Å². The zero-order chi connectivity index (χ0) is 30.7. The van der Waals surface area contributed by atoms with E-state index >= 15 is 8.78 Å². The van der Waals surface area contributed by atoms with Crippen molar-refractivity contribution in [3.8, 4) is 0 Å². The van der Waals surface area contributed by atoms with Crippen molar-refractivity contribution in [2.45, 2.75) is 55.2 Å². The van der Waals surface area contributed by atoms with Crippen molar-refractivity contribution in [1.29, 1.82) is 0 Å². The molecule has 3 aromatic heterocycles. The van der Waals surface area contributed by atoms with Gasteiger partial charge in [0.25, 0.3) is 5.92 Å². The number of hydrogen-bond donors (Lipinski definition) is 1. The van der Waals surface area contributed by atoms with E-state index in [1.807, 2.05) is 6.26 Å². The number of benzene rings is 1. The molecule has 0 aliphatic heterocycles. The number of fused-ring (bicyclic) bond motifs is 2. The third-order valence-electron chi connectivity index (χ3n) is 7.19. The lowest BCUT2D eigenvalue weighted by Gasteiger charge is -2.22. The quantitative estimate of drug-likeness (QED) is 0.159. The Hall–Kier alpha value is -2.72. The highest BCUT2D eigenvalue weighted by molar-refractivity contribution is 9.10. The normalized spacial score (nSPS) is 18.8. The van der Waals surface area contributed by atoms with Gasteiger partial charge in [-0.2, -0.15) is 27.1 Å². The molecule has 4 aromatic rings. The predicted molar refractivity (Wildman–Crippen MR) is 147 cm³/mol. The molecule has 1 aliphatic carbocycles. The van der Waals surface area contributed by atoms with Crippen LogP contribution in [0.1, 0.15) is 54.0 Å². The van der Waals surface area contributed by atoms with Gasteiger partial charge in [-0.25, -0.2) is 18.7 Å². The lowest BCUT2D eigenvalue weighted by Crippen LogP contribution is -2.35. The van der Waals surface area contributed by atoms with Crippen molar-refractivity contribution < 1.29 is 35.5 Å². The molecule has 1 aliphatic rings. The second-order valence-corrected chi connectivity index (χ2v) is 12.9. The third-order valence-corrected chi connectivity index (χ3v) is 9.80. The van der Waals surface area contributed by atoms with Gasteiger partial charge in [-0.3, -0.25) is 9.48 Å². The first-order valence-corrected chi connectivity index (χ1v) is 15.2. The smallest absolute Gasteiger partial charge is 0.346 e. The number of rotatable bonds is 7. The summed E-state index contributed by atoms with van der Waals surface area (Å²) in [4.78, 5) is 22.2. The molecule has 0 bridgehead atoms. The van der Waals surface area contributed by atoms with Crippen LogP contribution in [0.4, 0.5) is 30.7 Å². The van der Waals surface area contributed by atoms with Gasteiger partial charge >= 0.3 is 6.18 Å². The highest BCUT2D eigenvalue weighted by Crippen LogP contribution is 2.55. The van der Waals surface area contributed by atoms with Crippen LogP contribution in [-0.4, -0.2) is 31.9 Å². The van der Waals surface area contributed by atoms with E-state index in [-0.39, 0.29) is 17.7 Å². The van der Waals surface area contributed by atoms with Crippen molar-refractivity contribution in [2.75, 3.05) is 6.26 Å². The van der Waals surface area contributed by atoms with Crippen LogP contribution in [0.15, 0.2) is 33.1 Å². The molecule has 0 radical (unpaired) electrons. The zero-order valence-electron chi connectivity index (χ0n) is 22.0. The summed E-state index contributed by atoms with van der Waals surface area (Å²) < 4.78 is 102. The summed E-state index contributed by atoms with van der Waals surface area (Å²) in [5, 5.41) is 5.99. The highest BCUT2D eigenvalue weighted by Gasteiger charge is 2.57. The molecule has 0 spiro atoms. The van der Waals surface area contributed by atoms with Gasteiger partial charge in [-0.1, -0.05) is 25.6 Å². The molecule has 16 heteroatoms. The molecule has 1 aromatic carbocycles. The topological polar surface area (TPSA) is 72.7 Å². The van der Waals surface area contributed by atoms with E-state index in [1.54, 1.807) is 6.07 Å². The number of hydrogen-bond acceptors (Lipinski definition) is 6. The number of nitrogens with zero attached hydrogens (tertiary/aromatic N) is 4. The van der Waals surface area contributed by atoms with E-state index < -0.39 is 71.0 Å². The van der Waals surface area contributed by atoms with Crippen LogP contribution >= 0.6 is 39.0 Å². The molecular weight excluding hydrogens is 675 g/mol. The molecule has 6 nitrogen and oxygen atoms in total. The van der Waals surface area contributed by atoms with Gasteiger partial charge in [0.15, 0.2) is 15.7 Å². The second kappa shape index (κ2) is 11.1. The number of alkyl halides is 5. The number of nitrogens with one attached hydrogen (secondary N) is 1. The summed E-state index contributed by atoms with van der Waals surface area (Å²) in [5.74, 6) is -8.96. The van der Waals surface area contributed by atoms with E-state index in [9.17, 15) is 26.7 Å². The molecule has 1 amide bonds. The largest absolute Gasteiger partial charge is 0.435 e. The molecule has 1 N–H and O–H groups in total. The summed E-state index contributed by atoms with van der Waals surface area (Å²) in [7, 11) is 0. The molecule has 224 valence electrons. The second-order valence-electron chi connectivity index (χ2n) is 9.93. The third kappa shape index (κ3) is 5.64. The summed E-state index contributed by atoms with van der Waals surface area (Å²) in [6.07, 6.45) is -3.37. The van der Waals surface area contributed by atoms with Crippen molar-refractivity contribution >= 4 is 55.3 Å². The predicted octanol–water partition coefficient (Wildman–Crippen LogP) is 7.61. The highest BCUT2D eigenvalue weighted by atomic mass is 79.9. The minimum Gasteiger partial charge on any atom is -0.346 e. The van der Waals surface area contributed by atoms with Crippen molar-refractivity contribution in [3.05, 3.63) is 68.6 Å². The van der Waals surface area contributed by atoms with Gasteiger partial charge in [0.05, 0.1) is 16.4 Å². The van der Waals surface area contributed by atoms with Gasteiger partial charge in [0.2, 0.25) is 5.91 Å². The molecule has 42 heavy (non-hydrogen) atoms. The van der Waals surface area contributed by atoms with Crippen molar-refractivity contribution in [2.24, 2.45) is 5.92 Å². The number of amides is 1. The number of aromatic nitrogens is 4. The monoisotopic (exact) mass is 695 g/mol. The SMILES string of the molecule is CSc1nc2nc([C@H](Cc3cc(F)cc(F)c3)NC(=O)Cn3nc(C(F)(F)F)c4c3C(F)(F)[C@H](C)[C@@H]4C)c(Br)cc2s1. The van der Waals surface area contributed by atoms with Gasteiger partial charge < -0.3 is 5.32 Å². The molecule has 3 atom stereocenters. The fourth-order valence-electron chi connectivity index (χ4n) is 5.09. The minimum atomic E-state index is -5.02. The number of thioether (sulfide) groups is 1. The molecule has 0 saturated carbocycles. The van der Waals surface area contributed by atoms with Crippen LogP contribution in [0.5, 0.6) is 0 Å². The summed E-state index contributed by atoms with van der Waals surface area (Å²) in [6.45, 7) is 1.44.